The van der Waals surface area contributed by atoms with Crippen molar-refractivity contribution in [1.82, 2.24) is 9.73 Å². The molecule has 0 radical (unpaired) electrons. The fourth-order valence-corrected chi connectivity index (χ4v) is 3.58. The normalized spacial score (nSPS) is 12.2. The van der Waals surface area contributed by atoms with Crippen molar-refractivity contribution in [3.8, 4) is 0 Å². The number of nitrogens with one attached hydrogen (secondary N) is 2. The van der Waals surface area contributed by atoms with Gasteiger partial charge in [-0.3, -0.25) is 9.59 Å². The number of sulfonamides is 1. The molecule has 2 rings (SSSR count). The van der Waals surface area contributed by atoms with Crippen LogP contribution in [0.3, 0.4) is 0 Å². The third-order valence-corrected chi connectivity index (χ3v) is 5.73. The Morgan fingerprint density at radius 2 is 1.71 bits per heavy atom. The maximum Gasteiger partial charge on any atom is 0.417 e. The minimum atomic E-state index is -4.59. The molecule has 12 heteroatoms. The fraction of sp³-hybridized carbons (Fsp3) is 0.211. The second kappa shape index (κ2) is 9.71. The van der Waals surface area contributed by atoms with Gasteiger partial charge in [-0.15, -0.1) is 0 Å². The van der Waals surface area contributed by atoms with E-state index in [1.165, 1.54) is 56.4 Å². The van der Waals surface area contributed by atoms with Crippen molar-refractivity contribution >= 4 is 33.7 Å². The molecule has 0 saturated carbocycles. The molecule has 2 amide bonds. The molecule has 0 saturated heterocycles. The molecule has 0 aromatic heterocycles. The van der Waals surface area contributed by atoms with Crippen LogP contribution >= 0.6 is 0 Å². The van der Waals surface area contributed by atoms with E-state index in [2.05, 4.69) is 10.4 Å². The van der Waals surface area contributed by atoms with Gasteiger partial charge in [0, 0.05) is 25.2 Å². The van der Waals surface area contributed by atoms with Crippen LogP contribution in [0.15, 0.2) is 58.5 Å². The third-order valence-electron chi connectivity index (χ3n) is 3.91. The van der Waals surface area contributed by atoms with Gasteiger partial charge in [0.2, 0.25) is 15.9 Å². The van der Waals surface area contributed by atoms with Crippen molar-refractivity contribution in [2.75, 3.05) is 18.9 Å². The lowest BCUT2D eigenvalue weighted by Crippen LogP contribution is -2.36. The third kappa shape index (κ3) is 6.62. The summed E-state index contributed by atoms with van der Waals surface area (Å²) in [5, 5.41) is 5.97. The number of carbonyl (C=O) groups is 2. The molecule has 0 aliphatic carbocycles. The zero-order chi connectivity index (χ0) is 23.2. The summed E-state index contributed by atoms with van der Waals surface area (Å²) in [5.74, 6) is -1.16. The predicted molar refractivity (Wildman–Crippen MR) is 108 cm³/mol. The second-order valence-corrected chi connectivity index (χ2v) is 8.39. The Hall–Kier alpha value is -3.25. The summed E-state index contributed by atoms with van der Waals surface area (Å²) in [4.78, 5) is 22.9. The number of carbonyl (C=O) groups excluding carboxylic acids is 2. The molecule has 31 heavy (non-hydrogen) atoms. The Morgan fingerprint density at radius 1 is 1.10 bits per heavy atom. The van der Waals surface area contributed by atoms with E-state index in [4.69, 9.17) is 0 Å². The number of likely N-dealkylation sites (N-methyl/N-ethyl adjacent to an activating group) is 1. The highest BCUT2D eigenvalue weighted by molar-refractivity contribution is 7.89. The van der Waals surface area contributed by atoms with Crippen molar-refractivity contribution in [3.63, 3.8) is 0 Å². The number of hydrogen-bond acceptors (Lipinski definition) is 5. The summed E-state index contributed by atoms with van der Waals surface area (Å²) in [6.07, 6.45) is -3.76. The number of hydrazone groups is 1. The monoisotopic (exact) mass is 456 g/mol. The lowest BCUT2D eigenvalue weighted by molar-refractivity contribution is -0.137. The minimum Gasteiger partial charge on any atom is -0.326 e. The number of hydrogen-bond donors (Lipinski definition) is 2. The first-order chi connectivity index (χ1) is 14.4. The molecule has 0 heterocycles. The minimum absolute atomic E-state index is 0.112. The van der Waals surface area contributed by atoms with Crippen LogP contribution in [0.2, 0.25) is 0 Å². The molecule has 2 aromatic rings. The summed E-state index contributed by atoms with van der Waals surface area (Å²) >= 11 is 0. The molecule has 2 N–H and O–H groups in total. The standard InChI is InChI=1S/C19H19F3N4O4S/c1-13(27)24-15-7-9-16(10-8-15)31(29,30)26(2)12-18(28)25-23-11-14-5-3-4-6-17(14)19(20,21)22/h3-11H,12H2,1-2H3,(H,24,27)(H,25,28)/b23-11+. The molecule has 166 valence electrons. The number of nitrogens with zero attached hydrogens (tertiary/aromatic N) is 2. The number of alkyl halides is 3. The second-order valence-electron chi connectivity index (χ2n) is 6.34. The van der Waals surface area contributed by atoms with Gasteiger partial charge in [-0.2, -0.15) is 22.6 Å². The van der Waals surface area contributed by atoms with Crippen molar-refractivity contribution in [3.05, 3.63) is 59.7 Å². The van der Waals surface area contributed by atoms with Gasteiger partial charge in [-0.1, -0.05) is 18.2 Å². The van der Waals surface area contributed by atoms with Gasteiger partial charge in [0.1, 0.15) is 0 Å². The first kappa shape index (κ1) is 24.0. The number of anilines is 1. The first-order valence-electron chi connectivity index (χ1n) is 8.73. The summed E-state index contributed by atoms with van der Waals surface area (Å²) < 4.78 is 64.7. The fourth-order valence-electron chi connectivity index (χ4n) is 2.46. The van der Waals surface area contributed by atoms with E-state index in [0.29, 0.717) is 5.69 Å². The van der Waals surface area contributed by atoms with Gasteiger partial charge in [0.25, 0.3) is 5.91 Å². The highest BCUT2D eigenvalue weighted by Crippen LogP contribution is 2.31. The van der Waals surface area contributed by atoms with E-state index >= 15 is 0 Å². The molecule has 0 bridgehead atoms. The van der Waals surface area contributed by atoms with Crippen LogP contribution in [0.1, 0.15) is 18.1 Å². The van der Waals surface area contributed by atoms with E-state index in [9.17, 15) is 31.2 Å². The van der Waals surface area contributed by atoms with Crippen molar-refractivity contribution in [2.24, 2.45) is 5.10 Å². The van der Waals surface area contributed by atoms with Crippen molar-refractivity contribution < 1.29 is 31.2 Å². The molecule has 2 aromatic carbocycles. The Kier molecular flexibility index (Phi) is 7.52. The molecule has 0 fully saturated rings. The molecule has 0 atom stereocenters. The predicted octanol–water partition coefficient (Wildman–Crippen LogP) is 2.43. The van der Waals surface area contributed by atoms with E-state index in [1.54, 1.807) is 0 Å². The maximum absolute atomic E-state index is 12.9. The lowest BCUT2D eigenvalue weighted by atomic mass is 10.1. The first-order valence-corrected chi connectivity index (χ1v) is 10.2. The SMILES string of the molecule is CC(=O)Nc1ccc(S(=O)(=O)N(C)CC(=O)N/N=C/c2ccccc2C(F)(F)F)cc1. The van der Waals surface area contributed by atoms with E-state index in [1.807, 2.05) is 5.43 Å². The summed E-state index contributed by atoms with van der Waals surface area (Å²) in [6.45, 7) is 0.690. The number of rotatable bonds is 7. The number of amides is 2. The van der Waals surface area contributed by atoms with Gasteiger partial charge < -0.3 is 5.32 Å². The maximum atomic E-state index is 12.9. The molecular formula is C19H19F3N4O4S. The highest BCUT2D eigenvalue weighted by atomic mass is 32.2. The number of benzene rings is 2. The smallest absolute Gasteiger partial charge is 0.326 e. The molecule has 8 nitrogen and oxygen atoms in total. The Labute approximate surface area is 176 Å². The van der Waals surface area contributed by atoms with Crippen LogP contribution in [0, 0.1) is 0 Å². The van der Waals surface area contributed by atoms with Crippen LogP contribution in [-0.4, -0.2) is 44.3 Å². The Morgan fingerprint density at radius 3 is 2.29 bits per heavy atom. The molecular weight excluding hydrogens is 437 g/mol. The van der Waals surface area contributed by atoms with E-state index in [-0.39, 0.29) is 16.4 Å². The zero-order valence-electron chi connectivity index (χ0n) is 16.5. The molecule has 0 unspecified atom stereocenters. The van der Waals surface area contributed by atoms with Crippen LogP contribution in [-0.2, 0) is 25.8 Å². The van der Waals surface area contributed by atoms with Gasteiger partial charge in [-0.05, 0) is 30.3 Å². The van der Waals surface area contributed by atoms with Crippen LogP contribution in [0.4, 0.5) is 18.9 Å². The topological polar surface area (TPSA) is 108 Å². The summed E-state index contributed by atoms with van der Waals surface area (Å²) in [6, 6.07) is 9.98. The summed E-state index contributed by atoms with van der Waals surface area (Å²) in [5.41, 5.74) is 1.23. The van der Waals surface area contributed by atoms with Crippen LogP contribution in [0.25, 0.3) is 0 Å². The van der Waals surface area contributed by atoms with Gasteiger partial charge in [-0.25, -0.2) is 13.8 Å². The quantitative estimate of drug-likeness (QED) is 0.493. The lowest BCUT2D eigenvalue weighted by Gasteiger charge is -2.16. The Balaban J connectivity index is 2.02. The Bertz CT molecular complexity index is 1080. The highest BCUT2D eigenvalue weighted by Gasteiger charge is 2.32. The van der Waals surface area contributed by atoms with Gasteiger partial charge in [0.15, 0.2) is 0 Å². The van der Waals surface area contributed by atoms with Crippen LogP contribution < -0.4 is 10.7 Å². The number of halogens is 3. The average Bonchev–Trinajstić information content (AvgIpc) is 2.67. The van der Waals surface area contributed by atoms with Crippen molar-refractivity contribution in [1.29, 1.82) is 0 Å². The largest absolute Gasteiger partial charge is 0.417 e. The molecule has 0 spiro atoms. The molecule has 0 aliphatic rings. The van der Waals surface area contributed by atoms with Crippen LogP contribution in [0.5, 0.6) is 0 Å². The van der Waals surface area contributed by atoms with Crippen molar-refractivity contribution in [2.45, 2.75) is 18.0 Å². The van der Waals surface area contributed by atoms with Gasteiger partial charge in [0.05, 0.1) is 23.2 Å². The molecule has 0 aliphatic heterocycles. The summed E-state index contributed by atoms with van der Waals surface area (Å²) in [7, 11) is -2.86. The van der Waals surface area contributed by atoms with E-state index in [0.717, 1.165) is 16.6 Å². The average molecular weight is 456 g/mol. The zero-order valence-corrected chi connectivity index (χ0v) is 17.3. The van der Waals surface area contributed by atoms with E-state index < -0.39 is 34.2 Å². The van der Waals surface area contributed by atoms with Gasteiger partial charge >= 0.3 is 6.18 Å².